The van der Waals surface area contributed by atoms with Gasteiger partial charge in [-0.1, -0.05) is 90.6 Å². The lowest BCUT2D eigenvalue weighted by Gasteiger charge is -2.33. The third-order valence-electron chi connectivity index (χ3n) is 6.91. The van der Waals surface area contributed by atoms with Gasteiger partial charge >= 0.3 is 0 Å². The van der Waals surface area contributed by atoms with Crippen LogP contribution in [0.25, 0.3) is 0 Å². The monoisotopic (exact) mass is 552 g/mol. The van der Waals surface area contributed by atoms with Crippen molar-refractivity contribution in [3.63, 3.8) is 0 Å². The molecule has 2 amide bonds. The lowest BCUT2D eigenvalue weighted by molar-refractivity contribution is -0.141. The lowest BCUT2D eigenvalue weighted by Crippen LogP contribution is -2.52. The van der Waals surface area contributed by atoms with Gasteiger partial charge < -0.3 is 15.0 Å². The molecule has 1 aliphatic carbocycles. The average molecular weight is 554 g/mol. The van der Waals surface area contributed by atoms with Crippen LogP contribution in [0, 0.1) is 0 Å². The zero-order chi connectivity index (χ0) is 26.7. The van der Waals surface area contributed by atoms with Crippen molar-refractivity contribution in [3.8, 4) is 5.75 Å². The molecular formula is C31H34Cl2N2O3. The average Bonchev–Trinajstić information content (AvgIpc) is 3.44. The Bertz CT molecular complexity index is 1160. The van der Waals surface area contributed by atoms with Crippen LogP contribution in [-0.4, -0.2) is 35.4 Å². The van der Waals surface area contributed by atoms with E-state index >= 15 is 0 Å². The van der Waals surface area contributed by atoms with E-state index in [1.807, 2.05) is 60.7 Å². The van der Waals surface area contributed by atoms with Gasteiger partial charge in [0.05, 0.1) is 6.61 Å². The molecule has 0 aliphatic heterocycles. The normalized spacial score (nSPS) is 14.2. The molecule has 0 radical (unpaired) electrons. The van der Waals surface area contributed by atoms with Crippen molar-refractivity contribution in [2.24, 2.45) is 0 Å². The molecule has 4 rings (SSSR count). The molecule has 1 atom stereocenters. The van der Waals surface area contributed by atoms with Gasteiger partial charge in [0, 0.05) is 41.0 Å². The maximum atomic E-state index is 13.8. The second-order valence-electron chi connectivity index (χ2n) is 9.68. The summed E-state index contributed by atoms with van der Waals surface area (Å²) >= 11 is 13.0. The first-order chi connectivity index (χ1) is 18.5. The largest absolute Gasteiger partial charge is 0.494 e. The standard InChI is InChI=1S/C31H34Cl2N2O3/c32-27-17-9-18-28(33)26(27)22-35(30(36)19-10-20-38-25-15-5-2-6-16-25)29(21-23-11-3-1-4-12-23)31(37)34-24-13-7-8-14-24/h1-6,9,11-12,15-18,24,29H,7-8,10,13-14,19-22H2,(H,34,37)/t29-/m1/s1. The molecule has 0 unspecified atom stereocenters. The molecule has 0 spiro atoms. The summed E-state index contributed by atoms with van der Waals surface area (Å²) in [6.45, 7) is 0.542. The van der Waals surface area contributed by atoms with Crippen molar-refractivity contribution in [1.29, 1.82) is 0 Å². The Balaban J connectivity index is 1.56. The van der Waals surface area contributed by atoms with Gasteiger partial charge in [-0.3, -0.25) is 9.59 Å². The summed E-state index contributed by atoms with van der Waals surface area (Å²) in [6, 6.07) is 24.0. The second kappa shape index (κ2) is 14.2. The minimum absolute atomic E-state index is 0.139. The number of halogens is 2. The molecule has 3 aromatic carbocycles. The predicted octanol–water partition coefficient (Wildman–Crippen LogP) is 6.85. The molecule has 0 bridgehead atoms. The third kappa shape index (κ3) is 7.99. The van der Waals surface area contributed by atoms with Crippen LogP contribution in [0.2, 0.25) is 10.0 Å². The highest BCUT2D eigenvalue weighted by Gasteiger charge is 2.32. The zero-order valence-corrected chi connectivity index (χ0v) is 23.0. The highest BCUT2D eigenvalue weighted by atomic mass is 35.5. The number of carbonyl (C=O) groups is 2. The minimum Gasteiger partial charge on any atom is -0.494 e. The summed E-state index contributed by atoms with van der Waals surface area (Å²) in [5.41, 5.74) is 1.62. The van der Waals surface area contributed by atoms with E-state index < -0.39 is 6.04 Å². The summed E-state index contributed by atoms with van der Waals surface area (Å²) in [5.74, 6) is 0.482. The summed E-state index contributed by atoms with van der Waals surface area (Å²) < 4.78 is 5.79. The number of ether oxygens (including phenoxy) is 1. The van der Waals surface area contributed by atoms with Crippen LogP contribution in [0.1, 0.15) is 49.7 Å². The highest BCUT2D eigenvalue weighted by molar-refractivity contribution is 6.36. The highest BCUT2D eigenvalue weighted by Crippen LogP contribution is 2.28. The smallest absolute Gasteiger partial charge is 0.243 e. The first-order valence-corrected chi connectivity index (χ1v) is 14.0. The number of hydrogen-bond acceptors (Lipinski definition) is 3. The molecule has 3 aromatic rings. The van der Waals surface area contributed by atoms with Gasteiger partial charge in [-0.2, -0.15) is 0 Å². The number of carbonyl (C=O) groups excluding carboxylic acids is 2. The van der Waals surface area contributed by atoms with Crippen LogP contribution >= 0.6 is 23.2 Å². The Hall–Kier alpha value is -3.02. The van der Waals surface area contributed by atoms with Crippen molar-refractivity contribution < 1.29 is 14.3 Å². The van der Waals surface area contributed by atoms with Gasteiger partial charge in [0.2, 0.25) is 11.8 Å². The van der Waals surface area contributed by atoms with E-state index in [1.165, 1.54) is 0 Å². The SMILES string of the molecule is O=C(NC1CCCC1)[C@@H](Cc1ccccc1)N(Cc1c(Cl)cccc1Cl)C(=O)CCCOc1ccccc1. The van der Waals surface area contributed by atoms with Crippen molar-refractivity contribution in [2.45, 2.75) is 63.6 Å². The fraction of sp³-hybridized carbons (Fsp3) is 0.355. The molecule has 0 aromatic heterocycles. The lowest BCUT2D eigenvalue weighted by atomic mass is 10.0. The fourth-order valence-corrected chi connectivity index (χ4v) is 5.37. The van der Waals surface area contributed by atoms with E-state index in [4.69, 9.17) is 27.9 Å². The number of hydrogen-bond donors (Lipinski definition) is 1. The molecule has 1 fully saturated rings. The topological polar surface area (TPSA) is 58.6 Å². The Labute approximate surface area is 235 Å². The van der Waals surface area contributed by atoms with Gasteiger partial charge in [0.15, 0.2) is 0 Å². The molecule has 0 heterocycles. The Morgan fingerprint density at radius 2 is 1.53 bits per heavy atom. The molecule has 1 saturated carbocycles. The molecule has 1 N–H and O–H groups in total. The quantitative estimate of drug-likeness (QED) is 0.250. The molecule has 7 heteroatoms. The molecular weight excluding hydrogens is 519 g/mol. The van der Waals surface area contributed by atoms with Crippen LogP contribution in [0.4, 0.5) is 0 Å². The second-order valence-corrected chi connectivity index (χ2v) is 10.5. The number of benzene rings is 3. The van der Waals surface area contributed by atoms with Crippen molar-refractivity contribution >= 4 is 35.0 Å². The van der Waals surface area contributed by atoms with Gasteiger partial charge in [0.25, 0.3) is 0 Å². The molecule has 200 valence electrons. The van der Waals surface area contributed by atoms with Gasteiger partial charge in [0.1, 0.15) is 11.8 Å². The molecule has 1 aliphatic rings. The molecule has 5 nitrogen and oxygen atoms in total. The van der Waals surface area contributed by atoms with Crippen LogP contribution in [0.5, 0.6) is 5.75 Å². The first kappa shape index (κ1) is 28.0. The summed E-state index contributed by atoms with van der Waals surface area (Å²) in [5, 5.41) is 4.15. The van der Waals surface area contributed by atoms with E-state index in [0.717, 1.165) is 37.0 Å². The minimum atomic E-state index is -0.701. The zero-order valence-electron chi connectivity index (χ0n) is 21.5. The van der Waals surface area contributed by atoms with Crippen LogP contribution < -0.4 is 10.1 Å². The number of amides is 2. The van der Waals surface area contributed by atoms with Crippen molar-refractivity contribution in [3.05, 3.63) is 100 Å². The predicted molar refractivity (Wildman–Crippen MR) is 153 cm³/mol. The van der Waals surface area contributed by atoms with Gasteiger partial charge in [-0.25, -0.2) is 0 Å². The summed E-state index contributed by atoms with van der Waals surface area (Å²) in [7, 11) is 0. The van der Waals surface area contributed by atoms with Crippen molar-refractivity contribution in [2.75, 3.05) is 6.61 Å². The van der Waals surface area contributed by atoms with Gasteiger partial charge in [-0.15, -0.1) is 0 Å². The number of nitrogens with one attached hydrogen (secondary N) is 1. The molecule has 0 saturated heterocycles. The van der Waals surface area contributed by atoms with Crippen LogP contribution in [-0.2, 0) is 22.6 Å². The fourth-order valence-electron chi connectivity index (χ4n) is 4.85. The van der Waals surface area contributed by atoms with E-state index in [1.54, 1.807) is 23.1 Å². The molecule has 38 heavy (non-hydrogen) atoms. The first-order valence-electron chi connectivity index (χ1n) is 13.3. The number of nitrogens with zero attached hydrogens (tertiary/aromatic N) is 1. The third-order valence-corrected chi connectivity index (χ3v) is 7.62. The number of para-hydroxylation sites is 1. The van der Waals surface area contributed by atoms with Crippen LogP contribution in [0.15, 0.2) is 78.9 Å². The summed E-state index contributed by atoms with van der Waals surface area (Å²) in [6.07, 6.45) is 5.28. The van der Waals surface area contributed by atoms with E-state index in [-0.39, 0.29) is 30.8 Å². The Morgan fingerprint density at radius 1 is 0.895 bits per heavy atom. The van der Waals surface area contributed by atoms with Crippen molar-refractivity contribution in [1.82, 2.24) is 10.2 Å². The maximum absolute atomic E-state index is 13.8. The van der Waals surface area contributed by atoms with E-state index in [9.17, 15) is 9.59 Å². The Kier molecular flexibility index (Phi) is 10.5. The number of rotatable bonds is 12. The maximum Gasteiger partial charge on any atom is 0.243 e. The van der Waals surface area contributed by atoms with Gasteiger partial charge in [-0.05, 0) is 49.1 Å². The van der Waals surface area contributed by atoms with E-state index in [0.29, 0.717) is 35.1 Å². The Morgan fingerprint density at radius 3 is 2.18 bits per heavy atom. The summed E-state index contributed by atoms with van der Waals surface area (Å²) in [4.78, 5) is 29.1. The van der Waals surface area contributed by atoms with Crippen LogP contribution in [0.3, 0.4) is 0 Å². The van der Waals surface area contributed by atoms with E-state index in [2.05, 4.69) is 5.32 Å².